The quantitative estimate of drug-likeness (QED) is 0.869. The molecular formula is C10H17N3O3S. The summed E-state index contributed by atoms with van der Waals surface area (Å²) in [5, 5.41) is 4.10. The molecule has 7 heteroatoms. The van der Waals surface area contributed by atoms with Crippen LogP contribution in [0.15, 0.2) is 12.4 Å². The van der Waals surface area contributed by atoms with Crippen molar-refractivity contribution in [1.29, 1.82) is 0 Å². The first-order chi connectivity index (χ1) is 8.03. The van der Waals surface area contributed by atoms with Crippen molar-refractivity contribution in [3.05, 3.63) is 12.4 Å². The van der Waals surface area contributed by atoms with E-state index in [4.69, 9.17) is 4.74 Å². The molecule has 96 valence electrons. The Morgan fingerprint density at radius 2 is 2.41 bits per heavy atom. The molecule has 1 fully saturated rings. The van der Waals surface area contributed by atoms with Crippen LogP contribution in [0.2, 0.25) is 0 Å². The fraction of sp³-hybridized carbons (Fsp3) is 0.700. The molecule has 1 unspecified atom stereocenters. The van der Waals surface area contributed by atoms with Crippen molar-refractivity contribution in [3.8, 4) is 0 Å². The second-order valence-corrected chi connectivity index (χ2v) is 6.06. The minimum atomic E-state index is -3.23. The van der Waals surface area contributed by atoms with Gasteiger partial charge in [0.05, 0.1) is 30.8 Å². The molecule has 0 aromatic carbocycles. The average Bonchev–Trinajstić information content (AvgIpc) is 2.64. The van der Waals surface area contributed by atoms with Crippen LogP contribution in [-0.2, 0) is 21.3 Å². The normalized spacial score (nSPS) is 21.4. The Morgan fingerprint density at radius 1 is 1.59 bits per heavy atom. The highest BCUT2D eigenvalue weighted by atomic mass is 32.2. The third-order valence-electron chi connectivity index (χ3n) is 2.60. The highest BCUT2D eigenvalue weighted by Crippen LogP contribution is 2.15. The van der Waals surface area contributed by atoms with Gasteiger partial charge < -0.3 is 4.74 Å². The summed E-state index contributed by atoms with van der Waals surface area (Å²) in [7, 11) is -3.23. The van der Waals surface area contributed by atoms with Crippen LogP contribution in [0, 0.1) is 0 Å². The van der Waals surface area contributed by atoms with Gasteiger partial charge in [-0.05, 0) is 19.3 Å². The molecule has 0 saturated carbocycles. The molecule has 1 N–H and O–H groups in total. The lowest BCUT2D eigenvalue weighted by atomic mass is 10.1. The zero-order valence-corrected chi connectivity index (χ0v) is 10.6. The summed E-state index contributed by atoms with van der Waals surface area (Å²) in [6, 6.07) is 0. The van der Waals surface area contributed by atoms with E-state index in [9.17, 15) is 8.42 Å². The number of nitrogens with zero attached hydrogens (tertiary/aromatic N) is 2. The van der Waals surface area contributed by atoms with Crippen molar-refractivity contribution < 1.29 is 13.2 Å². The number of aromatic nitrogens is 2. The molecule has 2 rings (SSSR count). The van der Waals surface area contributed by atoms with E-state index in [1.165, 1.54) is 12.6 Å². The molecule has 0 spiro atoms. The van der Waals surface area contributed by atoms with Crippen LogP contribution in [-0.4, -0.2) is 37.2 Å². The maximum absolute atomic E-state index is 11.0. The van der Waals surface area contributed by atoms with E-state index in [-0.39, 0.29) is 6.10 Å². The fourth-order valence-corrected chi connectivity index (χ4v) is 2.42. The van der Waals surface area contributed by atoms with E-state index in [0.29, 0.717) is 12.2 Å². The molecule has 0 aliphatic carbocycles. The van der Waals surface area contributed by atoms with Gasteiger partial charge in [0.1, 0.15) is 0 Å². The first-order valence-corrected chi connectivity index (χ1v) is 7.54. The van der Waals surface area contributed by atoms with Crippen LogP contribution in [0.1, 0.15) is 19.3 Å². The molecule has 1 aromatic rings. The predicted octanol–water partition coefficient (Wildman–Crippen LogP) is 0.824. The smallest absolute Gasteiger partial charge is 0.229 e. The molecular weight excluding hydrogens is 242 g/mol. The van der Waals surface area contributed by atoms with Gasteiger partial charge in [-0.15, -0.1) is 0 Å². The first kappa shape index (κ1) is 12.4. The van der Waals surface area contributed by atoms with Crippen LogP contribution >= 0.6 is 0 Å². The van der Waals surface area contributed by atoms with Crippen LogP contribution in [0.3, 0.4) is 0 Å². The van der Waals surface area contributed by atoms with Gasteiger partial charge in [-0.3, -0.25) is 9.40 Å². The van der Waals surface area contributed by atoms with Gasteiger partial charge in [0, 0.05) is 12.8 Å². The third kappa shape index (κ3) is 4.01. The molecule has 17 heavy (non-hydrogen) atoms. The van der Waals surface area contributed by atoms with Crippen molar-refractivity contribution >= 4 is 15.7 Å². The monoisotopic (exact) mass is 259 g/mol. The number of sulfonamides is 1. The Kier molecular flexibility index (Phi) is 3.68. The van der Waals surface area contributed by atoms with Gasteiger partial charge in [0.15, 0.2) is 0 Å². The van der Waals surface area contributed by atoms with Gasteiger partial charge in [-0.1, -0.05) is 0 Å². The topological polar surface area (TPSA) is 73.2 Å². The van der Waals surface area contributed by atoms with Crippen LogP contribution in [0.5, 0.6) is 0 Å². The summed E-state index contributed by atoms with van der Waals surface area (Å²) in [6.45, 7) is 1.48. The van der Waals surface area contributed by atoms with Crippen molar-refractivity contribution in [2.24, 2.45) is 0 Å². The van der Waals surface area contributed by atoms with Crippen LogP contribution in [0.25, 0.3) is 0 Å². The van der Waals surface area contributed by atoms with E-state index in [0.717, 1.165) is 25.7 Å². The van der Waals surface area contributed by atoms with Crippen molar-refractivity contribution in [2.45, 2.75) is 31.9 Å². The van der Waals surface area contributed by atoms with Gasteiger partial charge in [-0.25, -0.2) is 8.42 Å². The zero-order chi connectivity index (χ0) is 12.3. The van der Waals surface area contributed by atoms with Crippen molar-refractivity contribution in [2.75, 3.05) is 17.6 Å². The summed E-state index contributed by atoms with van der Waals surface area (Å²) < 4.78 is 31.7. The van der Waals surface area contributed by atoms with Gasteiger partial charge in [0.25, 0.3) is 0 Å². The predicted molar refractivity (Wildman–Crippen MR) is 64.3 cm³/mol. The minimum Gasteiger partial charge on any atom is -0.376 e. The molecule has 1 atom stereocenters. The van der Waals surface area contributed by atoms with E-state index in [1.54, 1.807) is 10.9 Å². The van der Waals surface area contributed by atoms with E-state index < -0.39 is 10.0 Å². The van der Waals surface area contributed by atoms with Crippen molar-refractivity contribution in [3.63, 3.8) is 0 Å². The molecule has 0 bridgehead atoms. The average molecular weight is 259 g/mol. The Morgan fingerprint density at radius 3 is 3.06 bits per heavy atom. The second kappa shape index (κ2) is 5.05. The zero-order valence-electron chi connectivity index (χ0n) is 9.80. The standard InChI is InChI=1S/C10H17N3O3S/c1-17(14,15)12-9-6-11-13(7-9)8-10-4-2-3-5-16-10/h6-7,10,12H,2-5,8H2,1H3. The van der Waals surface area contributed by atoms with E-state index in [1.807, 2.05) is 0 Å². The molecule has 0 amide bonds. The number of nitrogens with one attached hydrogen (secondary N) is 1. The number of anilines is 1. The first-order valence-electron chi connectivity index (χ1n) is 5.65. The van der Waals surface area contributed by atoms with Gasteiger partial charge >= 0.3 is 0 Å². The SMILES string of the molecule is CS(=O)(=O)Nc1cnn(CC2CCCCO2)c1. The molecule has 6 nitrogen and oxygen atoms in total. The molecule has 1 aromatic heterocycles. The number of rotatable bonds is 4. The number of hydrogen-bond donors (Lipinski definition) is 1. The summed E-state index contributed by atoms with van der Waals surface area (Å²) in [6.07, 6.45) is 7.83. The largest absolute Gasteiger partial charge is 0.376 e. The molecule has 1 saturated heterocycles. The van der Waals surface area contributed by atoms with Gasteiger partial charge in [-0.2, -0.15) is 5.10 Å². The van der Waals surface area contributed by atoms with Crippen LogP contribution in [0.4, 0.5) is 5.69 Å². The molecule has 2 heterocycles. The number of hydrogen-bond acceptors (Lipinski definition) is 4. The van der Waals surface area contributed by atoms with Crippen molar-refractivity contribution in [1.82, 2.24) is 9.78 Å². The Labute approximate surface area is 101 Å². The Balaban J connectivity index is 1.93. The second-order valence-electron chi connectivity index (χ2n) is 4.31. The lowest BCUT2D eigenvalue weighted by Crippen LogP contribution is -2.24. The number of ether oxygens (including phenoxy) is 1. The summed E-state index contributed by atoms with van der Waals surface area (Å²) in [4.78, 5) is 0. The summed E-state index contributed by atoms with van der Waals surface area (Å²) in [5.41, 5.74) is 0.489. The Bertz CT molecular complexity index is 463. The minimum absolute atomic E-state index is 0.190. The molecule has 0 radical (unpaired) electrons. The summed E-state index contributed by atoms with van der Waals surface area (Å²) in [5.74, 6) is 0. The van der Waals surface area contributed by atoms with E-state index >= 15 is 0 Å². The van der Waals surface area contributed by atoms with Crippen LogP contribution < -0.4 is 4.72 Å². The lowest BCUT2D eigenvalue weighted by Gasteiger charge is -2.22. The van der Waals surface area contributed by atoms with E-state index in [2.05, 4.69) is 9.82 Å². The Hall–Kier alpha value is -1.08. The summed E-state index contributed by atoms with van der Waals surface area (Å²) >= 11 is 0. The lowest BCUT2D eigenvalue weighted by molar-refractivity contribution is 0.00401. The fourth-order valence-electron chi connectivity index (χ4n) is 1.89. The molecule has 1 aliphatic rings. The maximum atomic E-state index is 11.0. The molecule has 1 aliphatic heterocycles. The highest BCUT2D eigenvalue weighted by molar-refractivity contribution is 7.92. The third-order valence-corrected chi connectivity index (χ3v) is 3.21. The van der Waals surface area contributed by atoms with Gasteiger partial charge in [0.2, 0.25) is 10.0 Å². The highest BCUT2D eigenvalue weighted by Gasteiger charge is 2.15. The maximum Gasteiger partial charge on any atom is 0.229 e.